The Hall–Kier alpha value is -0.190. The highest BCUT2D eigenvalue weighted by Crippen LogP contribution is 2.58. The molecule has 1 spiro atoms. The lowest BCUT2D eigenvalue weighted by atomic mass is 9.53. The molecule has 2 aliphatic heterocycles. The Bertz CT molecular complexity index is 620. The SMILES string of the molecule is CC1CCC2(NC1)OC1CCC(CC[C@H]3C(F)CCC4C[C@@H](O)CCC43C)C1C2C. The molecule has 3 nitrogen and oxygen atoms in total. The molecule has 2 N–H and O–H groups in total. The zero-order valence-corrected chi connectivity index (χ0v) is 19.4. The van der Waals surface area contributed by atoms with Crippen molar-refractivity contribution in [1.29, 1.82) is 0 Å². The fraction of sp³-hybridized carbons (Fsp3) is 1.00. The molecule has 30 heavy (non-hydrogen) atoms. The number of ether oxygens (including phenoxy) is 1. The van der Waals surface area contributed by atoms with Crippen molar-refractivity contribution in [2.24, 2.45) is 40.9 Å². The van der Waals surface area contributed by atoms with Crippen molar-refractivity contribution < 1.29 is 14.2 Å². The summed E-state index contributed by atoms with van der Waals surface area (Å²) in [6, 6.07) is 0. The number of rotatable bonds is 3. The smallest absolute Gasteiger partial charge is 0.122 e. The fourth-order valence-electron chi connectivity index (χ4n) is 8.66. The van der Waals surface area contributed by atoms with E-state index >= 15 is 4.39 Å². The van der Waals surface area contributed by atoms with Crippen LogP contribution in [0.5, 0.6) is 0 Å². The molecule has 5 rings (SSSR count). The number of nitrogens with one attached hydrogen (secondary N) is 1. The summed E-state index contributed by atoms with van der Waals surface area (Å²) in [4.78, 5) is 0. The molecule has 11 atom stereocenters. The Morgan fingerprint density at radius 1 is 1.03 bits per heavy atom. The number of fused-ring (bicyclic) bond motifs is 2. The first-order valence-electron chi connectivity index (χ1n) is 13.1. The number of hydrogen-bond donors (Lipinski definition) is 2. The monoisotopic (exact) mass is 421 g/mol. The highest BCUT2D eigenvalue weighted by molar-refractivity contribution is 5.05. The van der Waals surface area contributed by atoms with Gasteiger partial charge in [-0.15, -0.1) is 0 Å². The maximum atomic E-state index is 15.2. The minimum Gasteiger partial charge on any atom is -0.393 e. The van der Waals surface area contributed by atoms with Crippen molar-refractivity contribution >= 4 is 0 Å². The summed E-state index contributed by atoms with van der Waals surface area (Å²) in [7, 11) is 0. The molecule has 5 aliphatic rings. The molecule has 2 heterocycles. The quantitative estimate of drug-likeness (QED) is 0.636. The van der Waals surface area contributed by atoms with Gasteiger partial charge in [0, 0.05) is 12.5 Å². The van der Waals surface area contributed by atoms with Gasteiger partial charge in [0.05, 0.1) is 12.2 Å². The Kier molecular flexibility index (Phi) is 5.76. The van der Waals surface area contributed by atoms with Gasteiger partial charge in [0.15, 0.2) is 0 Å². The van der Waals surface area contributed by atoms with E-state index in [9.17, 15) is 5.11 Å². The third kappa shape index (κ3) is 3.48. The summed E-state index contributed by atoms with van der Waals surface area (Å²) in [5, 5.41) is 14.0. The van der Waals surface area contributed by atoms with Crippen LogP contribution in [0.25, 0.3) is 0 Å². The summed E-state index contributed by atoms with van der Waals surface area (Å²) in [5.41, 5.74) is -0.000456. The number of hydrogen-bond acceptors (Lipinski definition) is 3. The highest BCUT2D eigenvalue weighted by Gasteiger charge is 2.58. The van der Waals surface area contributed by atoms with Gasteiger partial charge in [0.2, 0.25) is 0 Å². The molecule has 0 amide bonds. The van der Waals surface area contributed by atoms with Crippen LogP contribution in [-0.4, -0.2) is 35.8 Å². The standard InChI is InChI=1S/C26H44FNO2/c1-16-10-13-26(28-15-16)17(2)24-18(5-9-23(24)30-26)4-7-21-22(27)8-6-19-14-20(29)11-12-25(19,21)3/h16-24,28-29H,4-15H2,1-3H3/t16?,17?,18?,19?,20-,21-,22?,23?,24?,25?,26?/m0/s1. The number of piperidine rings is 1. The van der Waals surface area contributed by atoms with Crippen LogP contribution in [0.2, 0.25) is 0 Å². The fourth-order valence-corrected chi connectivity index (χ4v) is 8.66. The van der Waals surface area contributed by atoms with Gasteiger partial charge in [-0.05, 0) is 106 Å². The first kappa shape index (κ1) is 21.6. The van der Waals surface area contributed by atoms with E-state index in [1.807, 2.05) is 0 Å². The molecule has 5 fully saturated rings. The molecule has 0 aromatic rings. The minimum atomic E-state index is -0.649. The van der Waals surface area contributed by atoms with Crippen LogP contribution in [0.15, 0.2) is 0 Å². The summed E-state index contributed by atoms with van der Waals surface area (Å²) in [6.07, 6.45) is 11.1. The normalized spacial score (nSPS) is 56.1. The van der Waals surface area contributed by atoms with Crippen LogP contribution in [0.1, 0.15) is 91.4 Å². The summed E-state index contributed by atoms with van der Waals surface area (Å²) in [6.45, 7) is 8.18. The number of alkyl halides is 1. The molecule has 4 heteroatoms. The van der Waals surface area contributed by atoms with Gasteiger partial charge < -0.3 is 9.84 Å². The maximum absolute atomic E-state index is 15.2. The second-order valence-corrected chi connectivity index (χ2v) is 12.2. The third-order valence-corrected chi connectivity index (χ3v) is 10.7. The Morgan fingerprint density at radius 3 is 2.63 bits per heavy atom. The molecule has 3 aliphatic carbocycles. The first-order chi connectivity index (χ1) is 14.3. The zero-order valence-electron chi connectivity index (χ0n) is 19.4. The lowest BCUT2D eigenvalue weighted by molar-refractivity contribution is -0.103. The minimum absolute atomic E-state index is 0.0922. The van der Waals surface area contributed by atoms with E-state index < -0.39 is 6.17 Å². The van der Waals surface area contributed by atoms with Crippen molar-refractivity contribution in [1.82, 2.24) is 5.32 Å². The van der Waals surface area contributed by atoms with Crippen LogP contribution in [0, 0.1) is 40.9 Å². The topological polar surface area (TPSA) is 41.5 Å². The molecule has 2 saturated heterocycles. The predicted octanol–water partition coefficient (Wildman–Crippen LogP) is 5.46. The van der Waals surface area contributed by atoms with Gasteiger partial charge in [-0.2, -0.15) is 0 Å². The van der Waals surface area contributed by atoms with E-state index in [4.69, 9.17) is 4.74 Å². The predicted molar refractivity (Wildman–Crippen MR) is 118 cm³/mol. The van der Waals surface area contributed by atoms with E-state index in [2.05, 4.69) is 26.1 Å². The average molecular weight is 422 g/mol. The molecule has 9 unspecified atom stereocenters. The van der Waals surface area contributed by atoms with Gasteiger partial charge in [-0.25, -0.2) is 4.39 Å². The van der Waals surface area contributed by atoms with Gasteiger partial charge in [-0.1, -0.05) is 20.8 Å². The molecule has 3 saturated carbocycles. The Labute approximate surface area is 182 Å². The second kappa shape index (κ2) is 7.99. The lowest BCUT2D eigenvalue weighted by Crippen LogP contribution is -2.55. The van der Waals surface area contributed by atoms with Crippen molar-refractivity contribution in [3.05, 3.63) is 0 Å². The highest BCUT2D eigenvalue weighted by atomic mass is 19.1. The van der Waals surface area contributed by atoms with Crippen molar-refractivity contribution in [2.45, 2.75) is 116 Å². The van der Waals surface area contributed by atoms with Crippen molar-refractivity contribution in [3.63, 3.8) is 0 Å². The molecule has 0 aromatic heterocycles. The van der Waals surface area contributed by atoms with E-state index in [0.717, 1.165) is 57.4 Å². The van der Waals surface area contributed by atoms with E-state index in [1.54, 1.807) is 0 Å². The van der Waals surface area contributed by atoms with Gasteiger partial charge in [-0.3, -0.25) is 5.32 Å². The van der Waals surface area contributed by atoms with Gasteiger partial charge in [0.25, 0.3) is 0 Å². The summed E-state index contributed by atoms with van der Waals surface area (Å²) in [5.74, 6) is 3.34. The Balaban J connectivity index is 1.25. The number of halogens is 1. The molecular formula is C26H44FNO2. The van der Waals surface area contributed by atoms with Crippen molar-refractivity contribution in [2.75, 3.05) is 6.54 Å². The van der Waals surface area contributed by atoms with Gasteiger partial charge >= 0.3 is 0 Å². The maximum Gasteiger partial charge on any atom is 0.122 e. The summed E-state index contributed by atoms with van der Waals surface area (Å²) < 4.78 is 21.9. The Morgan fingerprint density at radius 2 is 1.87 bits per heavy atom. The number of aliphatic hydroxyl groups excluding tert-OH is 1. The molecule has 172 valence electrons. The number of aliphatic hydroxyl groups is 1. The van der Waals surface area contributed by atoms with E-state index in [-0.39, 0.29) is 23.2 Å². The van der Waals surface area contributed by atoms with Crippen LogP contribution < -0.4 is 5.32 Å². The van der Waals surface area contributed by atoms with Crippen LogP contribution in [0.3, 0.4) is 0 Å². The molecule has 0 radical (unpaired) electrons. The van der Waals surface area contributed by atoms with E-state index in [1.165, 1.54) is 19.3 Å². The molecule has 0 bridgehead atoms. The second-order valence-electron chi connectivity index (χ2n) is 12.2. The van der Waals surface area contributed by atoms with Crippen LogP contribution >= 0.6 is 0 Å². The van der Waals surface area contributed by atoms with Crippen molar-refractivity contribution in [3.8, 4) is 0 Å². The van der Waals surface area contributed by atoms with E-state index in [0.29, 0.717) is 36.2 Å². The first-order valence-corrected chi connectivity index (χ1v) is 13.1. The third-order valence-electron chi connectivity index (χ3n) is 10.7. The average Bonchev–Trinajstić information content (AvgIpc) is 3.23. The largest absolute Gasteiger partial charge is 0.393 e. The lowest BCUT2D eigenvalue weighted by Gasteiger charge is -2.53. The molecule has 0 aromatic carbocycles. The van der Waals surface area contributed by atoms with Gasteiger partial charge in [0.1, 0.15) is 11.9 Å². The van der Waals surface area contributed by atoms with Crippen LogP contribution in [-0.2, 0) is 4.74 Å². The zero-order chi connectivity index (χ0) is 21.1. The summed E-state index contributed by atoms with van der Waals surface area (Å²) >= 11 is 0. The molecular weight excluding hydrogens is 377 g/mol. The van der Waals surface area contributed by atoms with Crippen LogP contribution in [0.4, 0.5) is 4.39 Å².